The maximum atomic E-state index is 13.6. The number of rotatable bonds is 6. The summed E-state index contributed by atoms with van der Waals surface area (Å²) in [5, 5.41) is 10.4. The number of aryl methyl sites for hydroxylation is 1. The summed E-state index contributed by atoms with van der Waals surface area (Å²) in [5.41, 5.74) is 13.6. The number of thioether (sulfide) groups is 1. The molecule has 5 rings (SSSR count). The number of Topliss-reactive ketones (excluding diaryl/α,β-unsaturated/α-hetero) is 1. The summed E-state index contributed by atoms with van der Waals surface area (Å²) in [6.07, 6.45) is 1.88. The molecule has 7 heteroatoms. The Morgan fingerprint density at radius 1 is 1.10 bits per heavy atom. The molecule has 198 valence electrons. The first-order valence-corrected chi connectivity index (χ1v) is 13.9. The third kappa shape index (κ3) is 5.05. The third-order valence-corrected chi connectivity index (χ3v) is 8.52. The van der Waals surface area contributed by atoms with E-state index < -0.39 is 5.92 Å². The maximum absolute atomic E-state index is 13.6. The summed E-state index contributed by atoms with van der Waals surface area (Å²) in [7, 11) is 1.61. The molecule has 39 heavy (non-hydrogen) atoms. The van der Waals surface area contributed by atoms with Gasteiger partial charge in [-0.1, -0.05) is 17.7 Å². The second-order valence-corrected chi connectivity index (χ2v) is 10.9. The van der Waals surface area contributed by atoms with Gasteiger partial charge in [0.25, 0.3) is 0 Å². The first-order valence-electron chi connectivity index (χ1n) is 12.9. The van der Waals surface area contributed by atoms with Crippen LogP contribution >= 0.6 is 11.8 Å². The molecule has 0 radical (unpaired) electrons. The zero-order chi connectivity index (χ0) is 27.7. The van der Waals surface area contributed by atoms with Crippen molar-refractivity contribution in [1.82, 2.24) is 0 Å². The number of halogens is 1. The summed E-state index contributed by atoms with van der Waals surface area (Å²) < 4.78 is 18.7. The Hall–Kier alpha value is -4.02. The van der Waals surface area contributed by atoms with Crippen LogP contribution in [0.25, 0.3) is 0 Å². The normalized spacial score (nSPS) is 17.3. The van der Waals surface area contributed by atoms with Gasteiger partial charge in [-0.2, -0.15) is 5.26 Å². The van der Waals surface area contributed by atoms with E-state index in [0.29, 0.717) is 41.3 Å². The molecule has 0 spiro atoms. The number of nitriles is 1. The number of carbonyl (C=O) groups excluding carboxylic acids is 1. The first-order chi connectivity index (χ1) is 18.8. The van der Waals surface area contributed by atoms with Gasteiger partial charge in [-0.15, -0.1) is 11.8 Å². The average Bonchev–Trinajstić information content (AvgIpc) is 2.94. The van der Waals surface area contributed by atoms with Crippen LogP contribution in [0.3, 0.4) is 0 Å². The smallest absolute Gasteiger partial charge is 0.161 e. The molecule has 0 aromatic heterocycles. The SMILES string of the molecule is COc1ccc(N2C(N)=C(C#N)C(c3cc(C)cc(CSc4ccc(F)cc4)c3C)C3=C2CCCC3=O)cc1. The predicted octanol–water partition coefficient (Wildman–Crippen LogP) is 7.05. The molecule has 1 aliphatic heterocycles. The molecule has 0 amide bonds. The van der Waals surface area contributed by atoms with Crippen LogP contribution in [0.4, 0.5) is 10.1 Å². The van der Waals surface area contributed by atoms with Crippen LogP contribution in [0.5, 0.6) is 5.75 Å². The van der Waals surface area contributed by atoms with Crippen molar-refractivity contribution in [1.29, 1.82) is 5.26 Å². The van der Waals surface area contributed by atoms with E-state index in [-0.39, 0.29) is 11.6 Å². The van der Waals surface area contributed by atoms with Gasteiger partial charge in [-0.3, -0.25) is 9.69 Å². The van der Waals surface area contributed by atoms with Crippen LogP contribution in [0, 0.1) is 31.0 Å². The second-order valence-electron chi connectivity index (χ2n) is 9.90. The van der Waals surface area contributed by atoms with Crippen LogP contribution in [0.15, 0.2) is 88.2 Å². The summed E-state index contributed by atoms with van der Waals surface area (Å²) in [4.78, 5) is 16.4. The van der Waals surface area contributed by atoms with Gasteiger partial charge in [0.15, 0.2) is 5.78 Å². The molecule has 0 fully saturated rings. The van der Waals surface area contributed by atoms with E-state index >= 15 is 0 Å². The zero-order valence-electron chi connectivity index (χ0n) is 22.3. The van der Waals surface area contributed by atoms with Crippen LogP contribution in [0.2, 0.25) is 0 Å². The van der Waals surface area contributed by atoms with Gasteiger partial charge in [-0.05, 0) is 91.9 Å². The minimum absolute atomic E-state index is 0.0585. The van der Waals surface area contributed by atoms with Crippen LogP contribution < -0.4 is 15.4 Å². The fraction of sp³-hybridized carbons (Fsp3) is 0.250. The van der Waals surface area contributed by atoms with Crippen LogP contribution in [0.1, 0.15) is 47.4 Å². The molecule has 1 unspecified atom stereocenters. The van der Waals surface area contributed by atoms with E-state index in [1.54, 1.807) is 31.0 Å². The number of nitrogens with zero attached hydrogens (tertiary/aromatic N) is 2. The van der Waals surface area contributed by atoms with Gasteiger partial charge in [0.2, 0.25) is 0 Å². The number of ether oxygens (including phenoxy) is 1. The number of benzene rings is 3. The number of hydrogen-bond donors (Lipinski definition) is 1. The lowest BCUT2D eigenvalue weighted by atomic mass is 9.73. The molecule has 1 atom stereocenters. The van der Waals surface area contributed by atoms with Gasteiger partial charge in [-0.25, -0.2) is 4.39 Å². The van der Waals surface area contributed by atoms with Crippen molar-refractivity contribution in [2.75, 3.05) is 12.0 Å². The van der Waals surface area contributed by atoms with Crippen molar-refractivity contribution in [3.05, 3.63) is 111 Å². The van der Waals surface area contributed by atoms with Crippen LogP contribution in [-0.4, -0.2) is 12.9 Å². The Labute approximate surface area is 232 Å². The molecule has 1 aliphatic carbocycles. The molecular weight excluding hydrogens is 509 g/mol. The van der Waals surface area contributed by atoms with Crippen molar-refractivity contribution in [2.45, 2.75) is 49.7 Å². The summed E-state index contributed by atoms with van der Waals surface area (Å²) >= 11 is 1.63. The van der Waals surface area contributed by atoms with E-state index in [4.69, 9.17) is 10.5 Å². The van der Waals surface area contributed by atoms with E-state index in [0.717, 1.165) is 45.0 Å². The van der Waals surface area contributed by atoms with Gasteiger partial charge in [0.1, 0.15) is 17.4 Å². The number of nitrogens with two attached hydrogens (primary N) is 1. The van der Waals surface area contributed by atoms with Crippen LogP contribution in [-0.2, 0) is 10.5 Å². The number of methoxy groups -OCH3 is 1. The summed E-state index contributed by atoms with van der Waals surface area (Å²) in [6, 6.07) is 20.5. The van der Waals surface area contributed by atoms with E-state index in [9.17, 15) is 14.4 Å². The topological polar surface area (TPSA) is 79.3 Å². The lowest BCUT2D eigenvalue weighted by Crippen LogP contribution is -2.39. The molecule has 0 saturated carbocycles. The Kier molecular flexibility index (Phi) is 7.49. The monoisotopic (exact) mass is 539 g/mol. The Morgan fingerprint density at radius 3 is 2.49 bits per heavy atom. The van der Waals surface area contributed by atoms with Crippen molar-refractivity contribution in [3.63, 3.8) is 0 Å². The van der Waals surface area contributed by atoms with Crippen molar-refractivity contribution < 1.29 is 13.9 Å². The highest BCUT2D eigenvalue weighted by molar-refractivity contribution is 7.98. The predicted molar refractivity (Wildman–Crippen MR) is 153 cm³/mol. The van der Waals surface area contributed by atoms with Crippen molar-refractivity contribution in [2.24, 2.45) is 5.73 Å². The third-order valence-electron chi connectivity index (χ3n) is 7.46. The van der Waals surface area contributed by atoms with E-state index in [1.165, 1.54) is 12.1 Å². The van der Waals surface area contributed by atoms with Gasteiger partial charge >= 0.3 is 0 Å². The van der Waals surface area contributed by atoms with Gasteiger partial charge in [0, 0.05) is 34.0 Å². The number of hydrogen-bond acceptors (Lipinski definition) is 6. The molecule has 0 saturated heterocycles. The Balaban J connectivity index is 1.61. The number of anilines is 1. The van der Waals surface area contributed by atoms with Gasteiger partial charge in [0.05, 0.1) is 24.7 Å². The first kappa shape index (κ1) is 26.6. The molecule has 2 aliphatic rings. The summed E-state index contributed by atoms with van der Waals surface area (Å²) in [5.74, 6) is 1.02. The molecule has 2 N–H and O–H groups in total. The minimum atomic E-state index is -0.526. The lowest BCUT2D eigenvalue weighted by Gasteiger charge is -2.40. The highest BCUT2D eigenvalue weighted by Crippen LogP contribution is 2.47. The fourth-order valence-electron chi connectivity index (χ4n) is 5.53. The molecule has 1 heterocycles. The highest BCUT2D eigenvalue weighted by Gasteiger charge is 2.41. The molecule has 3 aromatic carbocycles. The van der Waals surface area contributed by atoms with E-state index in [2.05, 4.69) is 18.2 Å². The van der Waals surface area contributed by atoms with Crippen molar-refractivity contribution >= 4 is 23.2 Å². The largest absolute Gasteiger partial charge is 0.497 e. The van der Waals surface area contributed by atoms with Crippen molar-refractivity contribution in [3.8, 4) is 11.8 Å². The molecule has 5 nitrogen and oxygen atoms in total. The average molecular weight is 540 g/mol. The fourth-order valence-corrected chi connectivity index (χ4v) is 6.48. The standard InChI is InChI=1S/C32H30FN3O2S/c1-19-15-21(18-39-25-13-7-22(33)8-14-25)20(2)26(16-19)30-27(17-34)32(35)36(23-9-11-24(38-3)12-10-23)28-5-4-6-29(37)31(28)30/h7-16,30H,4-6,18,35H2,1-3H3. The molecule has 0 bridgehead atoms. The summed E-state index contributed by atoms with van der Waals surface area (Å²) in [6.45, 7) is 4.07. The molecule has 3 aromatic rings. The maximum Gasteiger partial charge on any atom is 0.161 e. The Morgan fingerprint density at radius 2 is 1.82 bits per heavy atom. The lowest BCUT2D eigenvalue weighted by molar-refractivity contribution is -0.116. The minimum Gasteiger partial charge on any atom is -0.497 e. The quantitative estimate of drug-likeness (QED) is 0.338. The highest BCUT2D eigenvalue weighted by atomic mass is 32.2. The molecular formula is C32H30FN3O2S. The second kappa shape index (κ2) is 11.0. The number of allylic oxidation sites excluding steroid dienone is 3. The zero-order valence-corrected chi connectivity index (χ0v) is 23.1. The number of ketones is 1. The van der Waals surface area contributed by atoms with E-state index in [1.807, 2.05) is 43.0 Å². The number of carbonyl (C=O) groups is 1. The Bertz CT molecular complexity index is 1540. The van der Waals surface area contributed by atoms with Gasteiger partial charge < -0.3 is 10.5 Å².